The number of carbonyl (C=O) groups excluding carboxylic acids is 1. The van der Waals surface area contributed by atoms with Crippen molar-refractivity contribution in [3.05, 3.63) is 74.6 Å². The molecule has 7 nitrogen and oxygen atoms in total. The van der Waals surface area contributed by atoms with E-state index in [-0.39, 0.29) is 17.2 Å². The van der Waals surface area contributed by atoms with E-state index in [9.17, 15) is 9.59 Å². The van der Waals surface area contributed by atoms with Crippen LogP contribution < -0.4 is 10.9 Å². The van der Waals surface area contributed by atoms with Crippen LogP contribution in [0.15, 0.2) is 57.8 Å². The molecule has 0 saturated carbocycles. The Labute approximate surface area is 156 Å². The van der Waals surface area contributed by atoms with Crippen LogP contribution in [0.4, 0.5) is 0 Å². The maximum Gasteiger partial charge on any atom is 0.281 e. The number of hydrogen-bond donors (Lipinski definition) is 2. The van der Waals surface area contributed by atoms with Crippen molar-refractivity contribution >= 4 is 38.4 Å². The normalized spacial score (nSPS) is 11.1. The molecule has 0 bridgehead atoms. The molecule has 130 valence electrons. The summed E-state index contributed by atoms with van der Waals surface area (Å²) < 4.78 is 2.32. The van der Waals surface area contributed by atoms with Gasteiger partial charge in [0.25, 0.3) is 11.5 Å². The lowest BCUT2D eigenvalue weighted by Crippen LogP contribution is -2.26. The van der Waals surface area contributed by atoms with Crippen LogP contribution in [0, 0.1) is 0 Å². The first-order valence-corrected chi connectivity index (χ1v) is 8.81. The summed E-state index contributed by atoms with van der Waals surface area (Å²) in [7, 11) is 0. The molecule has 0 fully saturated rings. The number of aromatic amines is 1. The Bertz CT molecular complexity index is 1170. The summed E-state index contributed by atoms with van der Waals surface area (Å²) in [5.74, 6) is -0.372. The number of nitrogens with zero attached hydrogens (tertiary/aromatic N) is 3. The van der Waals surface area contributed by atoms with E-state index < -0.39 is 5.56 Å². The molecule has 2 heterocycles. The van der Waals surface area contributed by atoms with Gasteiger partial charge in [-0.1, -0.05) is 46.3 Å². The quantitative estimate of drug-likeness (QED) is 0.538. The van der Waals surface area contributed by atoms with Crippen molar-refractivity contribution in [1.29, 1.82) is 0 Å². The first-order chi connectivity index (χ1) is 12.6. The fourth-order valence-electron chi connectivity index (χ4n) is 2.81. The van der Waals surface area contributed by atoms with Gasteiger partial charge in [-0.2, -0.15) is 4.98 Å². The largest absolute Gasteiger partial charge is 0.350 e. The molecule has 0 spiro atoms. The van der Waals surface area contributed by atoms with Crippen molar-refractivity contribution in [2.75, 3.05) is 6.54 Å². The SMILES string of the molecule is O=C(NCCc1ccccc1)c1n[nH]n2c1nc(=O)c1cc(Br)ccc12. The third kappa shape index (κ3) is 2.99. The standard InChI is InChI=1S/C18H14BrN5O2/c19-12-6-7-14-13(10-12)17(25)21-16-15(22-23-24(14)16)18(26)20-9-8-11-4-2-1-3-5-11/h1-7,10,23H,8-9H2,(H,20,26). The van der Waals surface area contributed by atoms with Gasteiger partial charge in [0.05, 0.1) is 10.9 Å². The van der Waals surface area contributed by atoms with Crippen LogP contribution >= 0.6 is 15.9 Å². The third-order valence-electron chi connectivity index (χ3n) is 4.08. The predicted octanol–water partition coefficient (Wildman–Crippen LogP) is 2.31. The number of rotatable bonds is 4. The van der Waals surface area contributed by atoms with E-state index in [1.165, 1.54) is 4.52 Å². The Kier molecular flexibility index (Phi) is 4.26. The smallest absolute Gasteiger partial charge is 0.281 e. The molecule has 0 aliphatic carbocycles. The van der Waals surface area contributed by atoms with Crippen molar-refractivity contribution in [2.45, 2.75) is 6.42 Å². The number of aromatic nitrogens is 4. The van der Waals surface area contributed by atoms with Gasteiger partial charge in [0.2, 0.25) is 0 Å². The van der Waals surface area contributed by atoms with Crippen molar-refractivity contribution in [3.63, 3.8) is 0 Å². The number of carbonyl (C=O) groups is 1. The second-order valence-electron chi connectivity index (χ2n) is 5.79. The van der Waals surface area contributed by atoms with Gasteiger partial charge in [-0.3, -0.25) is 9.59 Å². The first-order valence-electron chi connectivity index (χ1n) is 8.02. The summed E-state index contributed by atoms with van der Waals surface area (Å²) in [6.45, 7) is 0.465. The number of hydrogen-bond acceptors (Lipinski definition) is 4. The summed E-state index contributed by atoms with van der Waals surface area (Å²) in [5.41, 5.74) is 1.65. The highest BCUT2D eigenvalue weighted by molar-refractivity contribution is 9.10. The molecule has 8 heteroatoms. The average molecular weight is 412 g/mol. The molecule has 2 aromatic carbocycles. The molecule has 1 amide bonds. The van der Waals surface area contributed by atoms with E-state index in [2.05, 4.69) is 36.5 Å². The van der Waals surface area contributed by atoms with Gasteiger partial charge in [-0.05, 0) is 30.2 Å². The van der Waals surface area contributed by atoms with E-state index in [1.54, 1.807) is 12.1 Å². The minimum absolute atomic E-state index is 0.0972. The second-order valence-corrected chi connectivity index (χ2v) is 6.71. The zero-order valence-electron chi connectivity index (χ0n) is 13.6. The van der Waals surface area contributed by atoms with Gasteiger partial charge in [-0.15, -0.1) is 5.10 Å². The number of amides is 1. The summed E-state index contributed by atoms with van der Waals surface area (Å²) >= 11 is 3.34. The Morgan fingerprint density at radius 1 is 1.19 bits per heavy atom. The molecule has 4 aromatic rings. The molecule has 2 aromatic heterocycles. The molecular weight excluding hydrogens is 398 g/mol. The van der Waals surface area contributed by atoms with Crippen molar-refractivity contribution in [1.82, 2.24) is 25.1 Å². The van der Waals surface area contributed by atoms with Crippen LogP contribution in [0.2, 0.25) is 0 Å². The van der Waals surface area contributed by atoms with E-state index >= 15 is 0 Å². The molecule has 0 unspecified atom stereocenters. The highest BCUT2D eigenvalue weighted by Crippen LogP contribution is 2.18. The summed E-state index contributed by atoms with van der Waals surface area (Å²) in [6, 6.07) is 15.1. The highest BCUT2D eigenvalue weighted by Gasteiger charge is 2.18. The van der Waals surface area contributed by atoms with Gasteiger partial charge in [-0.25, -0.2) is 9.73 Å². The van der Waals surface area contributed by atoms with Gasteiger partial charge in [0.15, 0.2) is 11.3 Å². The number of nitrogens with one attached hydrogen (secondary N) is 2. The predicted molar refractivity (Wildman–Crippen MR) is 101 cm³/mol. The average Bonchev–Trinajstić information content (AvgIpc) is 3.06. The number of benzene rings is 2. The molecular formula is C18H14BrN5O2. The molecule has 26 heavy (non-hydrogen) atoms. The molecule has 0 radical (unpaired) electrons. The maximum atomic E-state index is 12.5. The highest BCUT2D eigenvalue weighted by atomic mass is 79.9. The van der Waals surface area contributed by atoms with Crippen LogP contribution in [0.25, 0.3) is 16.6 Å². The van der Waals surface area contributed by atoms with E-state index in [0.29, 0.717) is 23.9 Å². The Morgan fingerprint density at radius 2 is 2.00 bits per heavy atom. The monoisotopic (exact) mass is 411 g/mol. The minimum atomic E-state index is -0.402. The molecule has 0 atom stereocenters. The second kappa shape index (κ2) is 6.72. The zero-order chi connectivity index (χ0) is 18.1. The molecule has 2 N–H and O–H groups in total. The zero-order valence-corrected chi connectivity index (χ0v) is 15.2. The fraction of sp³-hybridized carbons (Fsp3) is 0.111. The minimum Gasteiger partial charge on any atom is -0.350 e. The first kappa shape index (κ1) is 16.5. The lowest BCUT2D eigenvalue weighted by atomic mass is 10.1. The van der Waals surface area contributed by atoms with E-state index in [4.69, 9.17) is 0 Å². The van der Waals surface area contributed by atoms with Crippen molar-refractivity contribution < 1.29 is 4.79 Å². The molecule has 0 aliphatic heterocycles. The van der Waals surface area contributed by atoms with E-state index in [0.717, 1.165) is 10.0 Å². The number of H-pyrrole nitrogens is 1. The van der Waals surface area contributed by atoms with Crippen LogP contribution in [-0.2, 0) is 6.42 Å². The summed E-state index contributed by atoms with van der Waals surface area (Å²) in [5, 5.41) is 10.1. The molecule has 0 aliphatic rings. The van der Waals surface area contributed by atoms with Crippen LogP contribution in [0.3, 0.4) is 0 Å². The molecule has 0 saturated heterocycles. The van der Waals surface area contributed by atoms with Gasteiger partial charge in [0.1, 0.15) is 0 Å². The topological polar surface area (TPSA) is 92.2 Å². The Morgan fingerprint density at radius 3 is 2.81 bits per heavy atom. The maximum absolute atomic E-state index is 12.5. The third-order valence-corrected chi connectivity index (χ3v) is 4.57. The Balaban J connectivity index is 1.62. The van der Waals surface area contributed by atoms with Crippen LogP contribution in [0.5, 0.6) is 0 Å². The van der Waals surface area contributed by atoms with Gasteiger partial charge in [0, 0.05) is 11.0 Å². The van der Waals surface area contributed by atoms with Gasteiger partial charge >= 0.3 is 0 Å². The fourth-order valence-corrected chi connectivity index (χ4v) is 3.17. The van der Waals surface area contributed by atoms with Crippen LogP contribution in [0.1, 0.15) is 16.1 Å². The summed E-state index contributed by atoms with van der Waals surface area (Å²) in [4.78, 5) is 28.8. The Hall–Kier alpha value is -3.00. The van der Waals surface area contributed by atoms with Crippen LogP contribution in [-0.4, -0.2) is 32.3 Å². The number of halogens is 1. The van der Waals surface area contributed by atoms with Crippen molar-refractivity contribution in [2.24, 2.45) is 0 Å². The summed E-state index contributed by atoms with van der Waals surface area (Å²) in [6.07, 6.45) is 0.708. The lowest BCUT2D eigenvalue weighted by Gasteiger charge is -2.04. The van der Waals surface area contributed by atoms with E-state index in [1.807, 2.05) is 36.4 Å². The lowest BCUT2D eigenvalue weighted by molar-refractivity contribution is 0.0950. The molecule has 4 rings (SSSR count). The number of fused-ring (bicyclic) bond motifs is 3. The van der Waals surface area contributed by atoms with Gasteiger partial charge < -0.3 is 5.32 Å². The van der Waals surface area contributed by atoms with Crippen molar-refractivity contribution in [3.8, 4) is 0 Å².